The molecule has 3 atom stereocenters. The van der Waals surface area contributed by atoms with Crippen LogP contribution in [0.4, 0.5) is 0 Å². The lowest BCUT2D eigenvalue weighted by molar-refractivity contribution is -0.869. The third-order valence-corrected chi connectivity index (χ3v) is 16.5. The van der Waals surface area contributed by atoms with E-state index in [-0.39, 0.29) is 41.0 Å². The van der Waals surface area contributed by atoms with E-state index in [1.807, 2.05) is 31.2 Å². The number of likely N-dealkylation sites (N-methyl/N-ethyl adjacent to an activating group) is 2. The molecular formula is C54H88N11O10P3+2. The number of benzene rings is 1. The van der Waals surface area contributed by atoms with Crippen LogP contribution in [0.1, 0.15) is 53.0 Å². The molecule has 432 valence electrons. The van der Waals surface area contributed by atoms with Gasteiger partial charge in [-0.15, -0.1) is 0 Å². The molecule has 78 heavy (non-hydrogen) atoms. The summed E-state index contributed by atoms with van der Waals surface area (Å²) in [6, 6.07) is 14.3. The molecule has 24 heteroatoms. The van der Waals surface area contributed by atoms with E-state index in [1.54, 1.807) is 31.4 Å². The van der Waals surface area contributed by atoms with E-state index in [0.717, 1.165) is 35.3 Å². The van der Waals surface area contributed by atoms with Crippen molar-refractivity contribution in [2.75, 3.05) is 148 Å². The van der Waals surface area contributed by atoms with Crippen molar-refractivity contribution < 1.29 is 56.4 Å². The number of pyridine rings is 3. The first-order valence-electron chi connectivity index (χ1n) is 26.6. The molecule has 21 nitrogen and oxygen atoms in total. The second kappa shape index (κ2) is 28.3. The number of ether oxygens (including phenoxy) is 2. The van der Waals surface area contributed by atoms with Crippen molar-refractivity contribution in [2.24, 2.45) is 5.73 Å². The number of nitrogens with two attached hydrogens (primary N) is 1. The van der Waals surface area contributed by atoms with Gasteiger partial charge in [0.25, 0.3) is 0 Å². The van der Waals surface area contributed by atoms with Gasteiger partial charge in [0.1, 0.15) is 27.8 Å². The molecule has 3 aromatic heterocycles. The number of quaternary nitrogens is 2. The number of carbonyl (C=O) groups is 2. The molecule has 1 aliphatic heterocycles. The van der Waals surface area contributed by atoms with Crippen LogP contribution in [0, 0.1) is 6.92 Å². The molecule has 2 amide bonds. The van der Waals surface area contributed by atoms with Crippen LogP contribution in [0.2, 0.25) is 0 Å². The number of nitrogens with one attached hydrogen (secondary N) is 2. The second-order valence-electron chi connectivity index (χ2n) is 22.9. The summed E-state index contributed by atoms with van der Waals surface area (Å²) in [4.78, 5) is 79.4. The molecule has 7 N–H and O–H groups in total. The van der Waals surface area contributed by atoms with Crippen LogP contribution >= 0.6 is 22.1 Å². The Hall–Kier alpha value is -4.46. The summed E-state index contributed by atoms with van der Waals surface area (Å²) in [5.41, 5.74) is 11.2. The molecule has 1 aromatic carbocycles. The molecule has 0 spiro atoms. The lowest BCUT2D eigenvalue weighted by atomic mass is 9.99. The largest absolute Gasteiger partial charge is 0.496 e. The van der Waals surface area contributed by atoms with E-state index in [0.29, 0.717) is 148 Å². The van der Waals surface area contributed by atoms with Crippen molar-refractivity contribution >= 4 is 50.2 Å². The van der Waals surface area contributed by atoms with Gasteiger partial charge in [-0.25, -0.2) is 15.0 Å². The monoisotopic (exact) mass is 1140 g/mol. The summed E-state index contributed by atoms with van der Waals surface area (Å²) in [6.45, 7) is 13.3. The molecule has 1 aliphatic rings. The predicted octanol–water partition coefficient (Wildman–Crippen LogP) is 2.49. The summed E-state index contributed by atoms with van der Waals surface area (Å²) in [6.07, 6.45) is 1.76. The number of carbonyl (C=O) groups excluding carboxylic acids is 2. The number of amides is 2. The van der Waals surface area contributed by atoms with Crippen LogP contribution in [0.15, 0.2) is 48.5 Å². The topological polar surface area (TPSA) is 263 Å². The first-order valence-corrected chi connectivity index (χ1v) is 33.0. The van der Waals surface area contributed by atoms with E-state index in [1.165, 1.54) is 20.0 Å². The van der Waals surface area contributed by atoms with E-state index in [4.69, 9.17) is 30.2 Å². The zero-order chi connectivity index (χ0) is 57.6. The Labute approximate surface area is 462 Å². The lowest BCUT2D eigenvalue weighted by Gasteiger charge is -2.26. The number of hydrogen-bond acceptors (Lipinski definition) is 14. The second-order valence-corrected chi connectivity index (χ2v) is 29.5. The van der Waals surface area contributed by atoms with Crippen LogP contribution in [0.3, 0.4) is 0 Å². The minimum absolute atomic E-state index is 0.0493. The van der Waals surface area contributed by atoms with Crippen molar-refractivity contribution in [1.82, 2.24) is 40.3 Å². The predicted molar refractivity (Wildman–Crippen MR) is 309 cm³/mol. The Morgan fingerprint density at radius 1 is 0.628 bits per heavy atom. The molecule has 5 rings (SSSR count). The summed E-state index contributed by atoms with van der Waals surface area (Å²) in [7, 11) is 2.40. The molecule has 3 unspecified atom stereocenters. The Bertz CT molecular complexity index is 2710. The van der Waals surface area contributed by atoms with Gasteiger partial charge in [-0.1, -0.05) is 0 Å². The summed E-state index contributed by atoms with van der Waals surface area (Å²) in [5, 5.41) is 5.97. The van der Waals surface area contributed by atoms with E-state index in [2.05, 4.69) is 67.6 Å². The van der Waals surface area contributed by atoms with Crippen molar-refractivity contribution in [3.8, 4) is 22.6 Å². The molecular weight excluding hydrogens is 1060 g/mol. The van der Waals surface area contributed by atoms with Crippen LogP contribution in [-0.2, 0) is 55.8 Å². The van der Waals surface area contributed by atoms with Gasteiger partial charge in [-0.2, -0.15) is 0 Å². The molecule has 0 saturated carbocycles. The number of aromatic nitrogens is 3. The third-order valence-electron chi connectivity index (χ3n) is 13.2. The zero-order valence-corrected chi connectivity index (χ0v) is 50.6. The maximum atomic E-state index is 13.5. The molecule has 4 aromatic rings. The fraction of sp³-hybridized carbons (Fsp3) is 0.574. The fourth-order valence-electron chi connectivity index (χ4n) is 8.86. The average molecular weight is 1140 g/mol. The summed E-state index contributed by atoms with van der Waals surface area (Å²) < 4.78 is 53.1. The van der Waals surface area contributed by atoms with Gasteiger partial charge in [-0.3, -0.25) is 38.0 Å². The molecule has 1 fully saturated rings. The molecule has 0 bridgehead atoms. The molecule has 4 heterocycles. The lowest BCUT2D eigenvalue weighted by Crippen LogP contribution is -2.41. The Kier molecular flexibility index (Phi) is 23.4. The van der Waals surface area contributed by atoms with Gasteiger partial charge in [-0.05, 0) is 97.4 Å². The first-order chi connectivity index (χ1) is 36.4. The van der Waals surface area contributed by atoms with E-state index < -0.39 is 22.1 Å². The maximum Gasteiger partial charge on any atom is 0.244 e. The van der Waals surface area contributed by atoms with Gasteiger partial charge < -0.3 is 49.5 Å². The van der Waals surface area contributed by atoms with Crippen LogP contribution in [0.5, 0.6) is 11.5 Å². The van der Waals surface area contributed by atoms with Gasteiger partial charge in [0.05, 0.1) is 99.3 Å². The highest BCUT2D eigenvalue weighted by Crippen LogP contribution is 2.40. The molecule has 0 radical (unpaired) electrons. The van der Waals surface area contributed by atoms with Gasteiger partial charge in [0, 0.05) is 103 Å². The van der Waals surface area contributed by atoms with Crippen LogP contribution in [-0.4, -0.2) is 213 Å². The van der Waals surface area contributed by atoms with Crippen molar-refractivity contribution in [1.29, 1.82) is 0 Å². The number of rotatable bonds is 27. The number of hydrogen-bond donors (Lipinski definition) is 6. The van der Waals surface area contributed by atoms with Gasteiger partial charge >= 0.3 is 0 Å². The highest BCUT2D eigenvalue weighted by molar-refractivity contribution is 7.65. The number of nitrogens with zero attached hydrogens (tertiary/aromatic N) is 8. The Morgan fingerprint density at radius 3 is 1.40 bits per heavy atom. The Balaban J connectivity index is 1.50. The third kappa shape index (κ3) is 21.9. The standard InChI is InChI=1S/C54H86N11O10P3/c1-40-29-47(75-28-12-17-55)36-48(74-8)54(40)43-34-46(60-53(35-43)78(11,72)73)39-63-24-22-61(37-44-30-41(32-51(58-44)76(9,68)69)13-15-49(66)56-18-26-64(2,3)4)20-21-62(23-25-63)38-45-31-42(33-52(59-45)77(10,70)71)14-16-50(67)57-19-27-65(5,6)7/h29-36H,12-28,37-39,55H2,1-11H3,(H3-2,56,57,66,67,68,69,70,71,72,73)/p+2. The molecule has 0 aliphatic carbocycles. The smallest absolute Gasteiger partial charge is 0.244 e. The summed E-state index contributed by atoms with van der Waals surface area (Å²) >= 11 is 0. The van der Waals surface area contributed by atoms with Crippen LogP contribution < -0.4 is 42.1 Å². The number of aryl methyl sites for hydroxylation is 3. The van der Waals surface area contributed by atoms with Crippen molar-refractivity contribution in [3.05, 3.63) is 82.3 Å². The highest BCUT2D eigenvalue weighted by Gasteiger charge is 2.26. The summed E-state index contributed by atoms with van der Waals surface area (Å²) in [5.74, 6) is 0.921. The van der Waals surface area contributed by atoms with Crippen molar-refractivity contribution in [3.63, 3.8) is 0 Å². The first kappa shape index (κ1) is 64.4. The average Bonchev–Trinajstić information content (AvgIpc) is 3.50. The zero-order valence-electron chi connectivity index (χ0n) is 48.0. The Morgan fingerprint density at radius 2 is 1.03 bits per heavy atom. The number of methoxy groups -OCH3 is 1. The van der Waals surface area contributed by atoms with E-state index >= 15 is 0 Å². The quantitative estimate of drug-likeness (QED) is 0.0285. The minimum atomic E-state index is -3.88. The van der Waals surface area contributed by atoms with Gasteiger partial charge in [0.2, 0.25) is 33.9 Å². The van der Waals surface area contributed by atoms with Crippen molar-refractivity contribution in [2.45, 2.75) is 58.7 Å². The fourth-order valence-corrected chi connectivity index (χ4v) is 11.0. The SMILES string of the molecule is COc1cc(OCCCN)cc(C)c1-c1cc(CN2CCN(Cc3cc(CCC(=O)NCC[N+](C)(C)C)cc(P(C)(=O)O)n3)CCN(Cc3cc(CCC(=O)NCC[N+](C)(C)C)cc(P(C)(=O)O)n3)CC2)nc(P(C)(=O)O)c1. The van der Waals surface area contributed by atoms with E-state index in [9.17, 15) is 38.0 Å². The van der Waals surface area contributed by atoms with Gasteiger partial charge in [0.15, 0.2) is 0 Å². The highest BCUT2D eigenvalue weighted by atomic mass is 31.2. The minimum Gasteiger partial charge on any atom is -0.496 e. The maximum absolute atomic E-state index is 13.5. The molecule has 1 saturated heterocycles. The van der Waals surface area contributed by atoms with Crippen LogP contribution in [0.25, 0.3) is 11.1 Å². The normalized spacial score (nSPS) is 16.7.